The molecule has 31 heavy (non-hydrogen) atoms. The summed E-state index contributed by atoms with van der Waals surface area (Å²) in [4.78, 5) is 49.2. The lowest BCUT2D eigenvalue weighted by atomic mass is 10.1. The van der Waals surface area contributed by atoms with Crippen molar-refractivity contribution < 1.29 is 24.2 Å². The number of hydrogen-bond acceptors (Lipinski definition) is 8. The number of aryl methyl sites for hydroxylation is 1. The summed E-state index contributed by atoms with van der Waals surface area (Å²) >= 11 is 7.27. The molecule has 1 aromatic heterocycles. The summed E-state index contributed by atoms with van der Waals surface area (Å²) in [6.07, 6.45) is 0. The number of rotatable bonds is 5. The third kappa shape index (κ3) is 4.44. The molecule has 1 heterocycles. The first-order valence-electron chi connectivity index (χ1n) is 8.50. The smallest absolute Gasteiger partial charge is 0.325 e. The van der Waals surface area contributed by atoms with E-state index in [1.54, 1.807) is 19.1 Å². The lowest BCUT2D eigenvalue weighted by Crippen LogP contribution is -2.22. The molecule has 0 saturated carbocycles. The Labute approximate surface area is 182 Å². The molecule has 2 aromatic carbocycles. The van der Waals surface area contributed by atoms with Crippen molar-refractivity contribution in [3.8, 4) is 0 Å². The van der Waals surface area contributed by atoms with E-state index < -0.39 is 33.1 Å². The van der Waals surface area contributed by atoms with Gasteiger partial charge in [0.15, 0.2) is 4.80 Å². The van der Waals surface area contributed by atoms with Crippen LogP contribution in [0.4, 0.5) is 11.4 Å². The van der Waals surface area contributed by atoms with Gasteiger partial charge in [-0.15, -0.1) is 0 Å². The molecule has 3 aromatic rings. The minimum atomic E-state index is -0.944. The van der Waals surface area contributed by atoms with Crippen molar-refractivity contribution in [2.24, 2.45) is 4.99 Å². The van der Waals surface area contributed by atoms with Gasteiger partial charge in [0.05, 0.1) is 38.8 Å². The lowest BCUT2D eigenvalue weighted by molar-refractivity contribution is -0.394. The third-order valence-corrected chi connectivity index (χ3v) is 5.77. The Bertz CT molecular complexity index is 1300. The maximum atomic E-state index is 12.7. The number of nitro benzene ring substituents is 2. The van der Waals surface area contributed by atoms with E-state index in [1.165, 1.54) is 11.7 Å². The lowest BCUT2D eigenvalue weighted by Gasteiger charge is -2.07. The summed E-state index contributed by atoms with van der Waals surface area (Å²) in [7, 11) is 1.21. The minimum absolute atomic E-state index is 0.102. The highest BCUT2D eigenvalue weighted by Crippen LogP contribution is 2.28. The van der Waals surface area contributed by atoms with E-state index in [0.717, 1.165) is 29.5 Å². The van der Waals surface area contributed by atoms with Crippen LogP contribution in [0.15, 0.2) is 35.3 Å². The minimum Gasteiger partial charge on any atom is -0.468 e. The fourth-order valence-electron chi connectivity index (χ4n) is 2.82. The monoisotopic (exact) mass is 464 g/mol. The van der Waals surface area contributed by atoms with Crippen LogP contribution in [0.2, 0.25) is 5.02 Å². The molecule has 3 rings (SSSR count). The number of amides is 1. The molecule has 0 aliphatic rings. The van der Waals surface area contributed by atoms with Gasteiger partial charge in [0, 0.05) is 17.2 Å². The van der Waals surface area contributed by atoms with Crippen molar-refractivity contribution in [2.75, 3.05) is 7.11 Å². The second kappa shape index (κ2) is 8.62. The highest BCUT2D eigenvalue weighted by atomic mass is 35.5. The van der Waals surface area contributed by atoms with Crippen LogP contribution in [-0.2, 0) is 16.1 Å². The van der Waals surface area contributed by atoms with Crippen LogP contribution in [0.3, 0.4) is 0 Å². The van der Waals surface area contributed by atoms with Crippen molar-refractivity contribution in [2.45, 2.75) is 13.5 Å². The van der Waals surface area contributed by atoms with Gasteiger partial charge in [0.2, 0.25) is 0 Å². The first-order chi connectivity index (χ1) is 14.6. The highest BCUT2D eigenvalue weighted by molar-refractivity contribution is 7.16. The molecule has 0 aliphatic heterocycles. The normalized spacial score (nSPS) is 11.5. The van der Waals surface area contributed by atoms with E-state index in [2.05, 4.69) is 4.99 Å². The van der Waals surface area contributed by atoms with Gasteiger partial charge in [-0.2, -0.15) is 4.99 Å². The Morgan fingerprint density at radius 3 is 2.32 bits per heavy atom. The Hall–Kier alpha value is -3.64. The first-order valence-corrected chi connectivity index (χ1v) is 9.70. The van der Waals surface area contributed by atoms with Crippen LogP contribution in [0.5, 0.6) is 0 Å². The number of nitro groups is 2. The zero-order valence-corrected chi connectivity index (χ0v) is 17.6. The second-order valence-corrected chi connectivity index (χ2v) is 7.65. The summed E-state index contributed by atoms with van der Waals surface area (Å²) in [5.41, 5.74) is -0.347. The van der Waals surface area contributed by atoms with Gasteiger partial charge >= 0.3 is 5.97 Å². The van der Waals surface area contributed by atoms with Crippen LogP contribution < -0.4 is 4.80 Å². The number of carbonyl (C=O) groups is 2. The number of non-ortho nitro benzene ring substituents is 2. The predicted molar refractivity (Wildman–Crippen MR) is 111 cm³/mol. The molecule has 13 heteroatoms. The van der Waals surface area contributed by atoms with Gasteiger partial charge in [-0.25, -0.2) is 0 Å². The Morgan fingerprint density at radius 2 is 1.77 bits per heavy atom. The van der Waals surface area contributed by atoms with Crippen molar-refractivity contribution in [1.29, 1.82) is 0 Å². The van der Waals surface area contributed by atoms with Crippen LogP contribution in [-0.4, -0.2) is 33.4 Å². The number of halogens is 1. The Balaban J connectivity index is 2.23. The summed E-state index contributed by atoms with van der Waals surface area (Å²) in [6, 6.07) is 5.91. The zero-order chi connectivity index (χ0) is 22.9. The average molecular weight is 465 g/mol. The molecule has 11 nitrogen and oxygen atoms in total. The summed E-state index contributed by atoms with van der Waals surface area (Å²) in [5, 5.41) is 22.6. The SMILES string of the molecule is COC(=O)Cn1c(=NC(=O)c2cc([N+](=O)[O-])cc([N+](=O)[O-])c2)sc2ccc(Cl)c(C)c21. The van der Waals surface area contributed by atoms with E-state index >= 15 is 0 Å². The maximum absolute atomic E-state index is 12.7. The van der Waals surface area contributed by atoms with Crippen molar-refractivity contribution in [3.63, 3.8) is 0 Å². The molecular weight excluding hydrogens is 452 g/mol. The van der Waals surface area contributed by atoms with Crippen LogP contribution in [0.1, 0.15) is 15.9 Å². The molecule has 0 atom stereocenters. The number of carbonyl (C=O) groups excluding carboxylic acids is 2. The van der Waals surface area contributed by atoms with E-state index in [1.807, 2.05) is 0 Å². The molecule has 0 N–H and O–H groups in total. The van der Waals surface area contributed by atoms with Crippen molar-refractivity contribution in [3.05, 3.63) is 71.5 Å². The number of aromatic nitrogens is 1. The number of fused-ring (bicyclic) bond motifs is 1. The van der Waals surface area contributed by atoms with Gasteiger partial charge in [-0.1, -0.05) is 22.9 Å². The highest BCUT2D eigenvalue weighted by Gasteiger charge is 2.21. The molecule has 0 bridgehead atoms. The number of esters is 1. The molecular formula is C18H13ClN4O7S. The fraction of sp³-hybridized carbons (Fsp3) is 0.167. The summed E-state index contributed by atoms with van der Waals surface area (Å²) < 4.78 is 6.83. The number of methoxy groups -OCH3 is 1. The fourth-order valence-corrected chi connectivity index (χ4v) is 4.06. The van der Waals surface area contributed by atoms with Crippen molar-refractivity contribution in [1.82, 2.24) is 4.57 Å². The topological polar surface area (TPSA) is 147 Å². The number of nitrogens with zero attached hydrogens (tertiary/aromatic N) is 4. The number of hydrogen-bond donors (Lipinski definition) is 0. The Morgan fingerprint density at radius 1 is 1.16 bits per heavy atom. The van der Waals surface area contributed by atoms with Gasteiger partial charge in [0.1, 0.15) is 6.54 Å². The van der Waals surface area contributed by atoms with Gasteiger partial charge in [-0.3, -0.25) is 29.8 Å². The molecule has 0 unspecified atom stereocenters. The molecule has 0 spiro atoms. The van der Waals surface area contributed by atoms with E-state index in [9.17, 15) is 29.8 Å². The number of thiazole rings is 1. The third-order valence-electron chi connectivity index (χ3n) is 4.31. The molecule has 160 valence electrons. The van der Waals surface area contributed by atoms with Crippen molar-refractivity contribution >= 4 is 56.4 Å². The van der Waals surface area contributed by atoms with Crippen LogP contribution >= 0.6 is 22.9 Å². The summed E-state index contributed by atoms with van der Waals surface area (Å²) in [5.74, 6) is -1.54. The number of ether oxygens (including phenoxy) is 1. The van der Waals surface area contributed by atoms with E-state index in [0.29, 0.717) is 20.8 Å². The molecule has 0 aliphatic carbocycles. The number of benzene rings is 2. The maximum Gasteiger partial charge on any atom is 0.325 e. The summed E-state index contributed by atoms with van der Waals surface area (Å²) in [6.45, 7) is 1.47. The Kier molecular flexibility index (Phi) is 6.13. The predicted octanol–water partition coefficient (Wildman–Crippen LogP) is 3.40. The largest absolute Gasteiger partial charge is 0.468 e. The van der Waals surface area contributed by atoms with E-state index in [4.69, 9.17) is 16.3 Å². The molecule has 0 saturated heterocycles. The zero-order valence-electron chi connectivity index (χ0n) is 16.0. The van der Waals surface area contributed by atoms with Gasteiger partial charge in [-0.05, 0) is 24.6 Å². The van der Waals surface area contributed by atoms with Crippen LogP contribution in [0, 0.1) is 27.2 Å². The molecule has 1 amide bonds. The quantitative estimate of drug-likeness (QED) is 0.319. The van der Waals surface area contributed by atoms with Gasteiger partial charge < -0.3 is 9.30 Å². The van der Waals surface area contributed by atoms with E-state index in [-0.39, 0.29) is 16.9 Å². The average Bonchev–Trinajstić information content (AvgIpc) is 3.07. The van der Waals surface area contributed by atoms with Crippen LogP contribution in [0.25, 0.3) is 10.2 Å². The van der Waals surface area contributed by atoms with Gasteiger partial charge in [0.25, 0.3) is 17.3 Å². The standard InChI is InChI=1S/C18H13ClN4O7S/c1-9-13(19)3-4-14-16(9)21(8-15(24)30-2)18(31-14)20-17(25)10-5-11(22(26)27)7-12(6-10)23(28)29/h3-7H,8H2,1-2H3. The molecule has 0 fully saturated rings. The first kappa shape index (κ1) is 22.1. The second-order valence-electron chi connectivity index (χ2n) is 6.24. The molecule has 0 radical (unpaired) electrons.